The zero-order valence-corrected chi connectivity index (χ0v) is 11.5. The molecule has 6 heteroatoms. The summed E-state index contributed by atoms with van der Waals surface area (Å²) in [7, 11) is -3.43. The Balaban J connectivity index is 1.98. The third-order valence-electron chi connectivity index (χ3n) is 2.64. The van der Waals surface area contributed by atoms with Gasteiger partial charge in [-0.2, -0.15) is 5.26 Å². The highest BCUT2D eigenvalue weighted by atomic mass is 32.2. The van der Waals surface area contributed by atoms with Crippen LogP contribution in [0.4, 0.5) is 5.69 Å². The van der Waals surface area contributed by atoms with Gasteiger partial charge in [0.15, 0.2) is 0 Å². The molecule has 0 aliphatic rings. The summed E-state index contributed by atoms with van der Waals surface area (Å²) in [5, 5.41) is 8.68. The van der Waals surface area contributed by atoms with Crippen LogP contribution in [0, 0.1) is 11.3 Å². The van der Waals surface area contributed by atoms with E-state index in [2.05, 4.69) is 9.71 Å². The summed E-state index contributed by atoms with van der Waals surface area (Å²) in [6.07, 6.45) is 1.99. The van der Waals surface area contributed by atoms with Gasteiger partial charge in [0, 0.05) is 24.0 Å². The summed E-state index contributed by atoms with van der Waals surface area (Å²) >= 11 is 0. The predicted octanol–water partition coefficient (Wildman–Crippen LogP) is 1.94. The van der Waals surface area contributed by atoms with E-state index in [1.54, 1.807) is 42.6 Å². The maximum absolute atomic E-state index is 11.9. The lowest BCUT2D eigenvalue weighted by Gasteiger charge is -2.07. The van der Waals surface area contributed by atoms with Crippen LogP contribution in [0.15, 0.2) is 48.7 Å². The third kappa shape index (κ3) is 4.07. The van der Waals surface area contributed by atoms with Crippen LogP contribution in [0.3, 0.4) is 0 Å². The van der Waals surface area contributed by atoms with Crippen LogP contribution in [0.5, 0.6) is 0 Å². The first kappa shape index (κ1) is 14.0. The normalized spacial score (nSPS) is 10.8. The van der Waals surface area contributed by atoms with Crippen LogP contribution in [0.25, 0.3) is 0 Å². The van der Waals surface area contributed by atoms with Crippen LogP contribution in [-0.4, -0.2) is 19.2 Å². The van der Waals surface area contributed by atoms with Crippen LogP contribution >= 0.6 is 0 Å². The molecule has 1 N–H and O–H groups in total. The number of aryl methyl sites for hydroxylation is 1. The summed E-state index contributed by atoms with van der Waals surface area (Å²) in [5.41, 5.74) is 1.67. The molecule has 1 heterocycles. The predicted molar refractivity (Wildman–Crippen MR) is 76.5 cm³/mol. The highest BCUT2D eigenvalue weighted by Gasteiger charge is 2.11. The largest absolute Gasteiger partial charge is 0.284 e. The summed E-state index contributed by atoms with van der Waals surface area (Å²) in [4.78, 5) is 4.08. The summed E-state index contributed by atoms with van der Waals surface area (Å²) in [5.74, 6) is -0.0377. The van der Waals surface area contributed by atoms with E-state index in [1.807, 2.05) is 12.1 Å². The first-order chi connectivity index (χ1) is 9.59. The second kappa shape index (κ2) is 6.17. The number of nitriles is 1. The maximum Gasteiger partial charge on any atom is 0.233 e. The second-order valence-electron chi connectivity index (χ2n) is 4.18. The van der Waals surface area contributed by atoms with E-state index in [0.717, 1.165) is 5.69 Å². The molecular weight excluding hydrogens is 274 g/mol. The number of aromatic nitrogens is 1. The molecule has 1 aromatic heterocycles. The minimum Gasteiger partial charge on any atom is -0.284 e. The Morgan fingerprint density at radius 3 is 2.50 bits per heavy atom. The molecule has 2 aromatic rings. The van der Waals surface area contributed by atoms with Crippen molar-refractivity contribution in [3.8, 4) is 6.07 Å². The number of rotatable bonds is 5. The SMILES string of the molecule is N#Cc1ccc(NS(=O)(=O)CCc2ccccn2)cc1. The summed E-state index contributed by atoms with van der Waals surface area (Å²) < 4.78 is 26.3. The van der Waals surface area contributed by atoms with Crippen molar-refractivity contribution < 1.29 is 8.42 Å². The number of hydrogen-bond donors (Lipinski definition) is 1. The Bertz CT molecular complexity index is 704. The van der Waals surface area contributed by atoms with Gasteiger partial charge in [-0.1, -0.05) is 6.07 Å². The van der Waals surface area contributed by atoms with Crippen LogP contribution in [-0.2, 0) is 16.4 Å². The van der Waals surface area contributed by atoms with Crippen molar-refractivity contribution in [2.24, 2.45) is 0 Å². The minimum atomic E-state index is -3.43. The first-order valence-electron chi connectivity index (χ1n) is 6.00. The maximum atomic E-state index is 11.9. The fraction of sp³-hybridized carbons (Fsp3) is 0.143. The van der Waals surface area contributed by atoms with Gasteiger partial charge in [0.2, 0.25) is 10.0 Å². The van der Waals surface area contributed by atoms with Gasteiger partial charge < -0.3 is 0 Å². The van der Waals surface area contributed by atoms with Crippen molar-refractivity contribution in [2.45, 2.75) is 6.42 Å². The smallest absolute Gasteiger partial charge is 0.233 e. The Labute approximate surface area is 118 Å². The Morgan fingerprint density at radius 2 is 1.90 bits per heavy atom. The number of sulfonamides is 1. The van der Waals surface area contributed by atoms with Crippen molar-refractivity contribution in [3.05, 3.63) is 59.9 Å². The molecule has 0 amide bonds. The number of nitrogens with one attached hydrogen (secondary N) is 1. The Hall–Kier alpha value is -2.39. The Morgan fingerprint density at radius 1 is 1.15 bits per heavy atom. The molecule has 0 fully saturated rings. The fourth-order valence-corrected chi connectivity index (χ4v) is 2.70. The lowest BCUT2D eigenvalue weighted by Crippen LogP contribution is -2.18. The molecule has 0 aliphatic heterocycles. The van der Waals surface area contributed by atoms with Crippen molar-refractivity contribution >= 4 is 15.7 Å². The second-order valence-corrected chi connectivity index (χ2v) is 6.02. The number of benzene rings is 1. The zero-order chi connectivity index (χ0) is 14.4. The molecule has 0 bridgehead atoms. The molecular formula is C14H13N3O2S. The summed E-state index contributed by atoms with van der Waals surface area (Å²) in [6, 6.07) is 13.6. The number of nitrogens with zero attached hydrogens (tertiary/aromatic N) is 2. The van der Waals surface area contributed by atoms with Crippen LogP contribution in [0.1, 0.15) is 11.3 Å². The molecule has 0 unspecified atom stereocenters. The van der Waals surface area contributed by atoms with Gasteiger partial charge in [0.25, 0.3) is 0 Å². The van der Waals surface area contributed by atoms with Gasteiger partial charge in [0.05, 0.1) is 17.4 Å². The molecule has 0 saturated heterocycles. The molecule has 1 aromatic carbocycles. The molecule has 0 aliphatic carbocycles. The van der Waals surface area contributed by atoms with E-state index < -0.39 is 10.0 Å². The standard InChI is InChI=1S/C14H13N3O2S/c15-11-12-4-6-14(7-5-12)17-20(18,19)10-8-13-3-1-2-9-16-13/h1-7,9,17H,8,10H2. The molecule has 20 heavy (non-hydrogen) atoms. The van der Waals surface area contributed by atoms with E-state index >= 15 is 0 Å². The van der Waals surface area contributed by atoms with Crippen molar-refractivity contribution in [3.63, 3.8) is 0 Å². The average molecular weight is 287 g/mol. The van der Waals surface area contributed by atoms with Crippen molar-refractivity contribution in [2.75, 3.05) is 10.5 Å². The third-order valence-corrected chi connectivity index (χ3v) is 3.93. The molecule has 0 spiro atoms. The van der Waals surface area contributed by atoms with Gasteiger partial charge in [0.1, 0.15) is 0 Å². The van der Waals surface area contributed by atoms with E-state index in [-0.39, 0.29) is 5.75 Å². The molecule has 5 nitrogen and oxygen atoms in total. The molecule has 102 valence electrons. The van der Waals surface area contributed by atoms with E-state index in [9.17, 15) is 8.42 Å². The minimum absolute atomic E-state index is 0.0377. The fourth-order valence-electron chi connectivity index (χ4n) is 1.63. The number of anilines is 1. The molecule has 0 saturated carbocycles. The zero-order valence-electron chi connectivity index (χ0n) is 10.7. The topological polar surface area (TPSA) is 82.9 Å². The summed E-state index contributed by atoms with van der Waals surface area (Å²) in [6.45, 7) is 0. The Kier molecular flexibility index (Phi) is 4.33. The first-order valence-corrected chi connectivity index (χ1v) is 7.65. The van der Waals surface area contributed by atoms with Gasteiger partial charge >= 0.3 is 0 Å². The van der Waals surface area contributed by atoms with Crippen LogP contribution in [0.2, 0.25) is 0 Å². The molecule has 0 atom stereocenters. The number of hydrogen-bond acceptors (Lipinski definition) is 4. The van der Waals surface area contributed by atoms with E-state index in [4.69, 9.17) is 5.26 Å². The van der Waals surface area contributed by atoms with Gasteiger partial charge in [-0.05, 0) is 36.4 Å². The lowest BCUT2D eigenvalue weighted by molar-refractivity contribution is 0.600. The highest BCUT2D eigenvalue weighted by Crippen LogP contribution is 2.11. The van der Waals surface area contributed by atoms with Gasteiger partial charge in [-0.25, -0.2) is 8.42 Å². The number of pyridine rings is 1. The van der Waals surface area contributed by atoms with E-state index in [1.165, 1.54) is 0 Å². The lowest BCUT2D eigenvalue weighted by atomic mass is 10.2. The molecule has 2 rings (SSSR count). The highest BCUT2D eigenvalue weighted by molar-refractivity contribution is 7.92. The van der Waals surface area contributed by atoms with E-state index in [0.29, 0.717) is 17.7 Å². The van der Waals surface area contributed by atoms with Crippen molar-refractivity contribution in [1.82, 2.24) is 4.98 Å². The van der Waals surface area contributed by atoms with Gasteiger partial charge in [-0.3, -0.25) is 9.71 Å². The quantitative estimate of drug-likeness (QED) is 0.911. The average Bonchev–Trinajstić information content (AvgIpc) is 2.47. The van der Waals surface area contributed by atoms with Crippen molar-refractivity contribution in [1.29, 1.82) is 5.26 Å². The monoisotopic (exact) mass is 287 g/mol. The van der Waals surface area contributed by atoms with Gasteiger partial charge in [-0.15, -0.1) is 0 Å². The van der Waals surface area contributed by atoms with Crippen LogP contribution < -0.4 is 4.72 Å². The molecule has 0 radical (unpaired) electrons.